The highest BCUT2D eigenvalue weighted by Gasteiger charge is 2.29. The standard InChI is InChI=1S/C21H25N3O3S/c1-17-3-7-19(8-4-17)11-12-22-21(25)23-13-15-24(16-14-23)28(26,27)20-9-5-18(2)6-10-20/h3-12H,13-16H2,1-2H3,(H,22,25)/b12-11+. The fraction of sp³-hybridized carbons (Fsp3) is 0.286. The van der Waals surface area contributed by atoms with Crippen molar-refractivity contribution < 1.29 is 13.2 Å². The Morgan fingerprint density at radius 1 is 0.893 bits per heavy atom. The minimum absolute atomic E-state index is 0.226. The number of hydrogen-bond acceptors (Lipinski definition) is 3. The minimum Gasteiger partial charge on any atom is -0.322 e. The predicted molar refractivity (Wildman–Crippen MR) is 110 cm³/mol. The summed E-state index contributed by atoms with van der Waals surface area (Å²) in [5.74, 6) is 0. The number of piperazine rings is 1. The number of nitrogens with one attached hydrogen (secondary N) is 1. The molecule has 28 heavy (non-hydrogen) atoms. The summed E-state index contributed by atoms with van der Waals surface area (Å²) >= 11 is 0. The normalized spacial score (nSPS) is 15.7. The molecule has 0 unspecified atom stereocenters. The van der Waals surface area contributed by atoms with E-state index in [1.54, 1.807) is 35.4 Å². The third-order valence-electron chi connectivity index (χ3n) is 4.74. The number of hydrogen-bond donors (Lipinski definition) is 1. The molecular weight excluding hydrogens is 374 g/mol. The molecule has 1 aliphatic heterocycles. The van der Waals surface area contributed by atoms with Crippen molar-refractivity contribution in [3.05, 3.63) is 71.4 Å². The van der Waals surface area contributed by atoms with Crippen LogP contribution in [-0.4, -0.2) is 49.8 Å². The Morgan fingerprint density at radius 2 is 1.43 bits per heavy atom. The molecular formula is C21H25N3O3S. The lowest BCUT2D eigenvalue weighted by atomic mass is 10.1. The van der Waals surface area contributed by atoms with Gasteiger partial charge in [0.25, 0.3) is 0 Å². The Morgan fingerprint density at radius 3 is 2.00 bits per heavy atom. The van der Waals surface area contributed by atoms with E-state index in [2.05, 4.69) is 5.32 Å². The molecule has 7 heteroatoms. The first kappa shape index (κ1) is 20.1. The van der Waals surface area contributed by atoms with E-state index in [1.165, 1.54) is 9.87 Å². The molecule has 0 spiro atoms. The highest BCUT2D eigenvalue weighted by molar-refractivity contribution is 7.89. The van der Waals surface area contributed by atoms with E-state index in [9.17, 15) is 13.2 Å². The molecule has 2 aromatic carbocycles. The maximum Gasteiger partial charge on any atom is 0.321 e. The van der Waals surface area contributed by atoms with Crippen LogP contribution in [0.1, 0.15) is 16.7 Å². The quantitative estimate of drug-likeness (QED) is 0.859. The predicted octanol–water partition coefficient (Wildman–Crippen LogP) is 2.99. The minimum atomic E-state index is -3.52. The molecule has 1 N–H and O–H groups in total. The van der Waals surface area contributed by atoms with Gasteiger partial charge in [-0.2, -0.15) is 4.31 Å². The number of sulfonamides is 1. The van der Waals surface area contributed by atoms with Gasteiger partial charge in [-0.15, -0.1) is 0 Å². The Balaban J connectivity index is 1.53. The number of nitrogens with zero attached hydrogens (tertiary/aromatic N) is 2. The molecule has 0 aliphatic carbocycles. The maximum atomic E-state index is 12.7. The molecule has 1 saturated heterocycles. The van der Waals surface area contributed by atoms with Gasteiger partial charge in [-0.25, -0.2) is 13.2 Å². The van der Waals surface area contributed by atoms with Crippen LogP contribution in [0.5, 0.6) is 0 Å². The van der Waals surface area contributed by atoms with E-state index in [0.717, 1.165) is 11.1 Å². The lowest BCUT2D eigenvalue weighted by Gasteiger charge is -2.33. The second-order valence-electron chi connectivity index (χ2n) is 6.90. The molecule has 1 fully saturated rings. The highest BCUT2D eigenvalue weighted by atomic mass is 32.2. The zero-order valence-corrected chi connectivity index (χ0v) is 16.9. The van der Waals surface area contributed by atoms with Gasteiger partial charge in [0, 0.05) is 32.4 Å². The Labute approximate surface area is 166 Å². The van der Waals surface area contributed by atoms with Crippen LogP contribution in [0.3, 0.4) is 0 Å². The van der Waals surface area contributed by atoms with Crippen molar-refractivity contribution in [2.45, 2.75) is 18.7 Å². The van der Waals surface area contributed by atoms with Crippen molar-refractivity contribution in [1.29, 1.82) is 0 Å². The van der Waals surface area contributed by atoms with Crippen LogP contribution in [0.25, 0.3) is 6.08 Å². The number of carbonyl (C=O) groups excluding carboxylic acids is 1. The molecule has 0 bridgehead atoms. The van der Waals surface area contributed by atoms with Crippen LogP contribution in [0, 0.1) is 13.8 Å². The lowest BCUT2D eigenvalue weighted by molar-refractivity contribution is 0.175. The van der Waals surface area contributed by atoms with Crippen LogP contribution < -0.4 is 5.32 Å². The Hall–Kier alpha value is -2.64. The van der Waals surface area contributed by atoms with Gasteiger partial charge in [-0.1, -0.05) is 47.5 Å². The van der Waals surface area contributed by atoms with Gasteiger partial charge in [0.05, 0.1) is 4.90 Å². The Bertz CT molecular complexity index is 943. The van der Waals surface area contributed by atoms with Gasteiger partial charge < -0.3 is 10.2 Å². The molecule has 2 amide bonds. The molecule has 1 heterocycles. The molecule has 2 aromatic rings. The molecule has 3 rings (SSSR count). The van der Waals surface area contributed by atoms with E-state index >= 15 is 0 Å². The first-order chi connectivity index (χ1) is 13.4. The second-order valence-corrected chi connectivity index (χ2v) is 8.84. The van der Waals surface area contributed by atoms with Crippen molar-refractivity contribution in [2.24, 2.45) is 0 Å². The first-order valence-electron chi connectivity index (χ1n) is 9.22. The number of benzene rings is 2. The van der Waals surface area contributed by atoms with E-state index in [-0.39, 0.29) is 24.0 Å². The second kappa shape index (κ2) is 8.58. The van der Waals surface area contributed by atoms with Gasteiger partial charge >= 0.3 is 6.03 Å². The summed E-state index contributed by atoms with van der Waals surface area (Å²) in [6.45, 7) is 5.22. The van der Waals surface area contributed by atoms with Crippen LogP contribution in [-0.2, 0) is 10.0 Å². The van der Waals surface area contributed by atoms with Crippen LogP contribution in [0.15, 0.2) is 59.6 Å². The number of aryl methyl sites for hydroxylation is 2. The summed E-state index contributed by atoms with van der Waals surface area (Å²) < 4.78 is 26.9. The van der Waals surface area contributed by atoms with E-state index < -0.39 is 10.0 Å². The largest absolute Gasteiger partial charge is 0.322 e. The number of amides is 2. The SMILES string of the molecule is Cc1ccc(/C=C/NC(=O)N2CCN(S(=O)(=O)c3ccc(C)cc3)CC2)cc1. The monoisotopic (exact) mass is 399 g/mol. The van der Waals surface area contributed by atoms with Crippen molar-refractivity contribution in [2.75, 3.05) is 26.2 Å². The van der Waals surface area contributed by atoms with Crippen LogP contribution >= 0.6 is 0 Å². The molecule has 0 radical (unpaired) electrons. The zero-order valence-electron chi connectivity index (χ0n) is 16.1. The first-order valence-corrected chi connectivity index (χ1v) is 10.7. The van der Waals surface area contributed by atoms with E-state index in [4.69, 9.17) is 0 Å². The summed E-state index contributed by atoms with van der Waals surface area (Å²) in [5.41, 5.74) is 3.19. The third kappa shape index (κ3) is 4.79. The molecule has 0 atom stereocenters. The van der Waals surface area contributed by atoms with E-state index in [1.807, 2.05) is 44.2 Å². The average Bonchev–Trinajstić information content (AvgIpc) is 2.70. The van der Waals surface area contributed by atoms with Crippen LogP contribution in [0.4, 0.5) is 4.79 Å². The zero-order chi connectivity index (χ0) is 20.1. The van der Waals surface area contributed by atoms with Crippen molar-refractivity contribution in [1.82, 2.24) is 14.5 Å². The highest BCUT2D eigenvalue weighted by Crippen LogP contribution is 2.18. The van der Waals surface area contributed by atoms with Gasteiger partial charge in [0.15, 0.2) is 0 Å². The fourth-order valence-corrected chi connectivity index (χ4v) is 4.39. The van der Waals surface area contributed by atoms with Crippen molar-refractivity contribution in [3.8, 4) is 0 Å². The molecule has 0 saturated carbocycles. The fourth-order valence-electron chi connectivity index (χ4n) is 2.97. The lowest BCUT2D eigenvalue weighted by Crippen LogP contribution is -2.52. The maximum absolute atomic E-state index is 12.7. The van der Waals surface area contributed by atoms with Gasteiger partial charge in [0.1, 0.15) is 0 Å². The van der Waals surface area contributed by atoms with Crippen LogP contribution in [0.2, 0.25) is 0 Å². The summed E-state index contributed by atoms with van der Waals surface area (Å²) in [6, 6.07) is 14.6. The van der Waals surface area contributed by atoms with Gasteiger partial charge in [-0.3, -0.25) is 0 Å². The van der Waals surface area contributed by atoms with E-state index in [0.29, 0.717) is 13.1 Å². The summed E-state index contributed by atoms with van der Waals surface area (Å²) in [6.07, 6.45) is 3.44. The molecule has 6 nitrogen and oxygen atoms in total. The van der Waals surface area contributed by atoms with Gasteiger partial charge in [-0.05, 0) is 37.6 Å². The number of urea groups is 1. The third-order valence-corrected chi connectivity index (χ3v) is 6.66. The summed E-state index contributed by atoms with van der Waals surface area (Å²) in [5, 5.41) is 2.75. The van der Waals surface area contributed by atoms with Crippen molar-refractivity contribution >= 4 is 22.1 Å². The molecule has 1 aliphatic rings. The number of rotatable bonds is 4. The molecule has 0 aromatic heterocycles. The molecule has 148 valence electrons. The average molecular weight is 400 g/mol. The smallest absolute Gasteiger partial charge is 0.321 e. The number of carbonyl (C=O) groups is 1. The van der Waals surface area contributed by atoms with Crippen molar-refractivity contribution in [3.63, 3.8) is 0 Å². The summed E-state index contributed by atoms with van der Waals surface area (Å²) in [7, 11) is -3.52. The van der Waals surface area contributed by atoms with Gasteiger partial charge in [0.2, 0.25) is 10.0 Å². The Kier molecular flexibility index (Phi) is 6.16. The summed E-state index contributed by atoms with van der Waals surface area (Å²) in [4.78, 5) is 14.2. The topological polar surface area (TPSA) is 69.7 Å².